The Hall–Kier alpha value is -8.02. The Morgan fingerprint density at radius 2 is 1.07 bits per heavy atom. The smallest absolute Gasteiger partial charge is 0.488 e. The first-order valence-electron chi connectivity index (χ1n) is 21.9. The van der Waals surface area contributed by atoms with E-state index in [4.69, 9.17) is 23.3 Å². The summed E-state index contributed by atoms with van der Waals surface area (Å²) in [6, 6.07) is 42.7. The number of hydrogen-bond acceptors (Lipinski definition) is 14. The molecular weight excluding hydrogens is 895 g/mol. The van der Waals surface area contributed by atoms with E-state index in [-0.39, 0.29) is 77.2 Å². The summed E-state index contributed by atoms with van der Waals surface area (Å²) in [6.45, 7) is 0.568. The molecule has 9 rings (SSSR count). The fraction of sp³-hybridized carbons (Fsp3) is 0.245. The molecule has 2 aliphatic heterocycles. The molecule has 2 saturated heterocycles. The lowest BCUT2D eigenvalue weighted by Gasteiger charge is -2.22. The van der Waals surface area contributed by atoms with Crippen LogP contribution in [0.15, 0.2) is 167 Å². The van der Waals surface area contributed by atoms with Crippen molar-refractivity contribution in [3.63, 3.8) is 0 Å². The molecular formula is C53H55BN4O12. The highest BCUT2D eigenvalue weighted by molar-refractivity contribution is 6.58. The molecule has 2 fully saturated rings. The third-order valence-electron chi connectivity index (χ3n) is 11.7. The molecule has 362 valence electrons. The molecule has 4 amide bonds. The van der Waals surface area contributed by atoms with E-state index in [0.29, 0.717) is 35.4 Å². The number of cyclic esters (lactones) is 2. The van der Waals surface area contributed by atoms with Gasteiger partial charge in [0.25, 0.3) is 0 Å². The maximum Gasteiger partial charge on any atom is 0.488 e. The van der Waals surface area contributed by atoms with Gasteiger partial charge in [0.15, 0.2) is 0 Å². The first kappa shape index (κ1) is 51.4. The molecule has 2 aliphatic rings. The third kappa shape index (κ3) is 12.9. The van der Waals surface area contributed by atoms with Crippen LogP contribution in [0, 0.1) is 0 Å². The van der Waals surface area contributed by atoms with Crippen molar-refractivity contribution in [1.82, 2.24) is 20.1 Å². The summed E-state index contributed by atoms with van der Waals surface area (Å²) < 4.78 is 26.3. The Morgan fingerprint density at radius 1 is 0.614 bits per heavy atom. The Balaban J connectivity index is 0.000000232. The molecule has 0 spiro atoms. The minimum atomic E-state index is -1.54. The zero-order chi connectivity index (χ0) is 47.4. The number of imide groups is 2. The summed E-state index contributed by atoms with van der Waals surface area (Å²) in [7, 11) is -1.54. The number of hydrogen-bond donors (Lipinski definition) is 3. The van der Waals surface area contributed by atoms with Crippen LogP contribution in [0.3, 0.4) is 0 Å². The number of aromatic hydroxyl groups is 1. The summed E-state index contributed by atoms with van der Waals surface area (Å²) in [5.74, 6) is -0.811. The lowest BCUT2D eigenvalue weighted by atomic mass is 9.80. The topological polar surface area (TPSA) is 215 Å². The quantitative estimate of drug-likeness (QED) is 0.0788. The van der Waals surface area contributed by atoms with Crippen LogP contribution in [0.2, 0.25) is 0 Å². The van der Waals surface area contributed by atoms with Crippen molar-refractivity contribution < 1.29 is 57.6 Å². The predicted molar refractivity (Wildman–Crippen MR) is 259 cm³/mol. The van der Waals surface area contributed by atoms with Crippen molar-refractivity contribution >= 4 is 36.6 Å². The average molecular weight is 951 g/mol. The lowest BCUT2D eigenvalue weighted by Crippen LogP contribution is -2.40. The van der Waals surface area contributed by atoms with Gasteiger partial charge in [0.05, 0.1) is 23.5 Å². The van der Waals surface area contributed by atoms with Gasteiger partial charge in [-0.15, -0.1) is 0 Å². The summed E-state index contributed by atoms with van der Waals surface area (Å²) in [4.78, 5) is 53.8. The second-order valence-electron chi connectivity index (χ2n) is 16.3. The average Bonchev–Trinajstić information content (AvgIpc) is 4.21. The summed E-state index contributed by atoms with van der Waals surface area (Å²) in [5, 5.41) is 36.3. The van der Waals surface area contributed by atoms with Crippen LogP contribution in [0.1, 0.15) is 78.7 Å². The Morgan fingerprint density at radius 3 is 1.51 bits per heavy atom. The molecule has 17 heteroatoms. The van der Waals surface area contributed by atoms with Gasteiger partial charge in [-0.1, -0.05) is 134 Å². The van der Waals surface area contributed by atoms with Gasteiger partial charge in [-0.25, -0.2) is 19.4 Å². The van der Waals surface area contributed by atoms with Crippen molar-refractivity contribution in [2.24, 2.45) is 0 Å². The van der Waals surface area contributed by atoms with Crippen LogP contribution in [0.5, 0.6) is 11.5 Å². The molecule has 70 heavy (non-hydrogen) atoms. The van der Waals surface area contributed by atoms with Gasteiger partial charge in [0.2, 0.25) is 11.8 Å². The molecule has 0 radical (unpaired) electrons. The standard InChI is InChI=1S/C29H27BN2O7.C22H20N2O5.2CH4/c33-28(32-24(19-38-29(32)34)16-20-5-2-1-3-6-20)17-26(27-13-14-39-31-27)22-9-11-25(12-10-22)37-18-21-7-4-8-23(15-21)30(35)36;25-18-8-6-16(7-9-18)19(20-10-11-29-23-20)13-21(26)24-17(14-28-22(24)27)12-15-4-2-1-3-5-15;;/h1-15,24,26,35-36H,16-19H2;1-11,17,19,25H,12-14H2;2*1H4/t24-,26-;17-,19-;;/m00../s1. The highest BCUT2D eigenvalue weighted by atomic mass is 16.6. The highest BCUT2D eigenvalue weighted by Gasteiger charge is 2.40. The van der Waals surface area contributed by atoms with Gasteiger partial charge in [-0.2, -0.15) is 0 Å². The molecule has 0 aliphatic carbocycles. The molecule has 5 aromatic carbocycles. The van der Waals surface area contributed by atoms with Crippen molar-refractivity contribution in [2.75, 3.05) is 13.2 Å². The predicted octanol–water partition coefficient (Wildman–Crippen LogP) is 7.81. The highest BCUT2D eigenvalue weighted by Crippen LogP contribution is 2.33. The zero-order valence-electron chi connectivity index (χ0n) is 36.7. The van der Waals surface area contributed by atoms with Crippen molar-refractivity contribution in [2.45, 2.75) is 71.1 Å². The van der Waals surface area contributed by atoms with Gasteiger partial charge in [0, 0.05) is 36.8 Å². The molecule has 0 unspecified atom stereocenters. The molecule has 0 saturated carbocycles. The van der Waals surface area contributed by atoms with Gasteiger partial charge in [-0.3, -0.25) is 9.59 Å². The van der Waals surface area contributed by atoms with E-state index >= 15 is 0 Å². The summed E-state index contributed by atoms with van der Waals surface area (Å²) >= 11 is 0. The van der Waals surface area contributed by atoms with Crippen LogP contribution >= 0.6 is 0 Å². The molecule has 4 atom stereocenters. The normalized spacial score (nSPS) is 15.8. The van der Waals surface area contributed by atoms with Crippen LogP contribution in [0.25, 0.3) is 0 Å². The van der Waals surface area contributed by atoms with E-state index in [1.54, 1.807) is 66.7 Å². The zero-order valence-corrected chi connectivity index (χ0v) is 36.7. The number of nitrogens with zero attached hydrogens (tertiary/aromatic N) is 4. The first-order chi connectivity index (χ1) is 33.1. The molecule has 4 heterocycles. The van der Waals surface area contributed by atoms with Gasteiger partial charge in [-0.05, 0) is 70.4 Å². The van der Waals surface area contributed by atoms with E-state index < -0.39 is 31.1 Å². The third-order valence-corrected chi connectivity index (χ3v) is 11.7. The number of phenolic OH excluding ortho intramolecular Hbond substituents is 1. The maximum atomic E-state index is 13.4. The van der Waals surface area contributed by atoms with Crippen LogP contribution in [-0.2, 0) is 38.5 Å². The fourth-order valence-electron chi connectivity index (χ4n) is 8.25. The summed E-state index contributed by atoms with van der Waals surface area (Å²) in [5.41, 5.74) is 5.97. The number of aromatic nitrogens is 2. The van der Waals surface area contributed by atoms with Crippen molar-refractivity contribution in [3.05, 3.63) is 197 Å². The molecule has 2 aromatic heterocycles. The van der Waals surface area contributed by atoms with E-state index in [0.717, 1.165) is 27.8 Å². The second-order valence-corrected chi connectivity index (χ2v) is 16.3. The molecule has 3 N–H and O–H groups in total. The van der Waals surface area contributed by atoms with E-state index in [9.17, 15) is 34.3 Å². The Kier molecular flexibility index (Phi) is 17.9. The second kappa shape index (κ2) is 24.3. The maximum absolute atomic E-state index is 13.4. The lowest BCUT2D eigenvalue weighted by molar-refractivity contribution is -0.130. The van der Waals surface area contributed by atoms with E-state index in [1.807, 2.05) is 78.9 Å². The van der Waals surface area contributed by atoms with Gasteiger partial charge < -0.3 is 38.4 Å². The van der Waals surface area contributed by atoms with Gasteiger partial charge in [0.1, 0.15) is 43.8 Å². The fourth-order valence-corrected chi connectivity index (χ4v) is 8.25. The largest absolute Gasteiger partial charge is 0.508 e. The molecule has 7 aromatic rings. The number of carbonyl (C=O) groups is 4. The SMILES string of the molecule is C.C.O=C(C[C@@H](c1ccc(O)cc1)c1ccon1)N1C(=O)OC[C@@H]1Cc1ccccc1.O=C(C[C@@H](c1ccc(OCc2cccc(B(O)O)c2)cc1)c1ccon1)N1C(=O)OC[C@@H]1Cc1ccccc1. The summed E-state index contributed by atoms with van der Waals surface area (Å²) in [6.07, 6.45) is 2.70. The Bertz CT molecular complexity index is 2740. The number of ether oxygens (including phenoxy) is 3. The molecule has 0 bridgehead atoms. The van der Waals surface area contributed by atoms with Crippen LogP contribution in [0.4, 0.5) is 9.59 Å². The number of benzene rings is 5. The minimum absolute atomic E-state index is 0. The van der Waals surface area contributed by atoms with Crippen LogP contribution in [-0.4, -0.2) is 91.7 Å². The van der Waals surface area contributed by atoms with E-state index in [1.165, 1.54) is 22.3 Å². The van der Waals surface area contributed by atoms with E-state index in [2.05, 4.69) is 10.3 Å². The molecule has 16 nitrogen and oxygen atoms in total. The number of rotatable bonds is 16. The monoisotopic (exact) mass is 950 g/mol. The first-order valence-corrected chi connectivity index (χ1v) is 21.9. The van der Waals surface area contributed by atoms with Crippen LogP contribution < -0.4 is 10.2 Å². The minimum Gasteiger partial charge on any atom is -0.508 e. The Labute approximate surface area is 406 Å². The van der Waals surface area contributed by atoms with Crippen molar-refractivity contribution in [1.29, 1.82) is 0 Å². The number of amides is 4. The number of phenols is 1. The van der Waals surface area contributed by atoms with Crippen molar-refractivity contribution in [3.8, 4) is 11.5 Å². The van der Waals surface area contributed by atoms with Gasteiger partial charge >= 0.3 is 19.3 Å². The number of carbonyl (C=O) groups excluding carboxylic acids is 4.